The lowest BCUT2D eigenvalue weighted by molar-refractivity contribution is -0.0513. The summed E-state index contributed by atoms with van der Waals surface area (Å²) in [6.45, 7) is 9.92. The van der Waals surface area contributed by atoms with E-state index in [2.05, 4.69) is 18.7 Å². The van der Waals surface area contributed by atoms with E-state index in [9.17, 15) is 9.90 Å². The zero-order chi connectivity index (χ0) is 23.0. The third-order valence-corrected chi connectivity index (χ3v) is 5.37. The molecule has 1 aliphatic heterocycles. The Hall–Kier alpha value is -2.03. The number of nitrogens with zero attached hydrogens (tertiary/aromatic N) is 2. The van der Waals surface area contributed by atoms with Crippen LogP contribution in [-0.2, 0) is 4.74 Å². The molecule has 0 aliphatic carbocycles. The molecule has 0 radical (unpaired) electrons. The first-order chi connectivity index (χ1) is 14.8. The average Bonchev–Trinajstić information content (AvgIpc) is 2.76. The van der Waals surface area contributed by atoms with Crippen LogP contribution in [0.1, 0.15) is 37.6 Å². The monoisotopic (exact) mass is 438 g/mol. The Balaban J connectivity index is 2.21. The highest BCUT2D eigenvalue weighted by atomic mass is 16.5. The van der Waals surface area contributed by atoms with Gasteiger partial charge in [-0.15, -0.1) is 0 Å². The number of benzene rings is 1. The van der Waals surface area contributed by atoms with E-state index >= 15 is 0 Å². The van der Waals surface area contributed by atoms with Crippen LogP contribution in [0.4, 0.5) is 0 Å². The zero-order valence-electron chi connectivity index (χ0n) is 19.7. The Morgan fingerprint density at radius 1 is 1.23 bits per heavy atom. The maximum absolute atomic E-state index is 13.5. The van der Waals surface area contributed by atoms with Crippen LogP contribution < -0.4 is 14.2 Å². The minimum Gasteiger partial charge on any atom is -0.493 e. The van der Waals surface area contributed by atoms with Crippen molar-refractivity contribution in [3.05, 3.63) is 17.7 Å². The number of aliphatic hydroxyl groups is 1. The van der Waals surface area contributed by atoms with Crippen LogP contribution >= 0.6 is 0 Å². The number of morpholine rings is 1. The van der Waals surface area contributed by atoms with Gasteiger partial charge in [0.1, 0.15) is 0 Å². The van der Waals surface area contributed by atoms with Crippen molar-refractivity contribution in [2.75, 3.05) is 60.7 Å². The highest BCUT2D eigenvalue weighted by molar-refractivity contribution is 5.95. The topological polar surface area (TPSA) is 80.7 Å². The lowest BCUT2D eigenvalue weighted by Crippen LogP contribution is -2.50. The average molecular weight is 439 g/mol. The van der Waals surface area contributed by atoms with Crippen molar-refractivity contribution in [3.63, 3.8) is 0 Å². The molecule has 1 saturated heterocycles. The molecule has 8 nitrogen and oxygen atoms in total. The molecule has 0 spiro atoms. The molecular weight excluding hydrogens is 400 g/mol. The summed E-state index contributed by atoms with van der Waals surface area (Å²) in [6, 6.07) is 3.37. The van der Waals surface area contributed by atoms with Gasteiger partial charge in [0.2, 0.25) is 5.75 Å². The van der Waals surface area contributed by atoms with Crippen LogP contribution in [0.2, 0.25) is 0 Å². The van der Waals surface area contributed by atoms with E-state index in [1.54, 1.807) is 12.1 Å². The molecule has 1 heterocycles. The first kappa shape index (κ1) is 25.2. The van der Waals surface area contributed by atoms with Gasteiger partial charge in [-0.25, -0.2) is 0 Å². The van der Waals surface area contributed by atoms with Gasteiger partial charge in [0.25, 0.3) is 5.91 Å². The Labute approximate surface area is 186 Å². The van der Waals surface area contributed by atoms with Gasteiger partial charge in [0.15, 0.2) is 11.5 Å². The zero-order valence-corrected chi connectivity index (χ0v) is 19.7. The van der Waals surface area contributed by atoms with Gasteiger partial charge >= 0.3 is 0 Å². The summed E-state index contributed by atoms with van der Waals surface area (Å²) in [4.78, 5) is 17.5. The van der Waals surface area contributed by atoms with E-state index < -0.39 is 0 Å². The fourth-order valence-corrected chi connectivity index (χ4v) is 3.80. The molecule has 1 N–H and O–H groups in total. The third kappa shape index (κ3) is 6.98. The van der Waals surface area contributed by atoms with Gasteiger partial charge in [0.05, 0.1) is 40.1 Å². The van der Waals surface area contributed by atoms with Crippen molar-refractivity contribution in [3.8, 4) is 17.2 Å². The lowest BCUT2D eigenvalue weighted by Gasteiger charge is -2.37. The van der Waals surface area contributed by atoms with Gasteiger partial charge in [-0.3, -0.25) is 9.69 Å². The molecule has 8 heteroatoms. The van der Waals surface area contributed by atoms with E-state index in [1.807, 2.05) is 11.8 Å². The maximum atomic E-state index is 13.5. The third-order valence-electron chi connectivity index (χ3n) is 5.37. The molecule has 1 amide bonds. The Morgan fingerprint density at radius 2 is 1.87 bits per heavy atom. The lowest BCUT2D eigenvalue weighted by atomic mass is 10.1. The van der Waals surface area contributed by atoms with Crippen molar-refractivity contribution in [2.24, 2.45) is 5.92 Å². The molecule has 0 saturated carbocycles. The summed E-state index contributed by atoms with van der Waals surface area (Å²) in [7, 11) is 4.60. The molecule has 176 valence electrons. The SMILES string of the molecule is CC[C@@H](O)CN1CCO[C@H](CN(CC(C)C)C(=O)c2cc(OC)c(OC)c(OC)c2)C1. The number of amides is 1. The van der Waals surface area contributed by atoms with Gasteiger partial charge in [-0.1, -0.05) is 20.8 Å². The molecule has 0 bridgehead atoms. The molecule has 1 aliphatic rings. The molecule has 0 aromatic heterocycles. The second-order valence-corrected chi connectivity index (χ2v) is 8.33. The summed E-state index contributed by atoms with van der Waals surface area (Å²) in [6.07, 6.45) is 0.273. The number of rotatable bonds is 11. The van der Waals surface area contributed by atoms with Crippen LogP contribution in [0.15, 0.2) is 12.1 Å². The molecule has 1 aromatic rings. The first-order valence-electron chi connectivity index (χ1n) is 10.9. The number of aliphatic hydroxyl groups excluding tert-OH is 1. The summed E-state index contributed by atoms with van der Waals surface area (Å²) >= 11 is 0. The van der Waals surface area contributed by atoms with Crippen molar-refractivity contribution < 1.29 is 28.8 Å². The molecule has 0 unspecified atom stereocenters. The van der Waals surface area contributed by atoms with E-state index in [1.165, 1.54) is 21.3 Å². The summed E-state index contributed by atoms with van der Waals surface area (Å²) in [5, 5.41) is 9.99. The molecule has 2 atom stereocenters. The second-order valence-electron chi connectivity index (χ2n) is 8.33. The van der Waals surface area contributed by atoms with Crippen LogP contribution in [0.5, 0.6) is 17.2 Å². The maximum Gasteiger partial charge on any atom is 0.254 e. The van der Waals surface area contributed by atoms with Crippen LogP contribution in [-0.4, -0.2) is 93.7 Å². The highest BCUT2D eigenvalue weighted by Crippen LogP contribution is 2.38. The summed E-state index contributed by atoms with van der Waals surface area (Å²) in [5.41, 5.74) is 0.476. The van der Waals surface area contributed by atoms with Crippen LogP contribution in [0.25, 0.3) is 0 Å². The van der Waals surface area contributed by atoms with Gasteiger partial charge in [-0.2, -0.15) is 0 Å². The van der Waals surface area contributed by atoms with Crippen molar-refractivity contribution >= 4 is 5.91 Å². The number of carbonyl (C=O) groups excluding carboxylic acids is 1. The van der Waals surface area contributed by atoms with Gasteiger partial charge in [-0.05, 0) is 24.5 Å². The van der Waals surface area contributed by atoms with E-state index in [4.69, 9.17) is 18.9 Å². The number of ether oxygens (including phenoxy) is 4. The van der Waals surface area contributed by atoms with E-state index in [-0.39, 0.29) is 18.1 Å². The van der Waals surface area contributed by atoms with Crippen LogP contribution in [0.3, 0.4) is 0 Å². The predicted molar refractivity (Wildman–Crippen MR) is 119 cm³/mol. The predicted octanol–water partition coefficient (Wildman–Crippen LogP) is 2.28. The van der Waals surface area contributed by atoms with Crippen molar-refractivity contribution in [1.29, 1.82) is 0 Å². The summed E-state index contributed by atoms with van der Waals surface area (Å²) in [5.74, 6) is 1.54. The highest BCUT2D eigenvalue weighted by Gasteiger charge is 2.28. The van der Waals surface area contributed by atoms with Crippen molar-refractivity contribution in [2.45, 2.75) is 39.4 Å². The summed E-state index contributed by atoms with van der Waals surface area (Å²) < 4.78 is 22.2. The first-order valence-corrected chi connectivity index (χ1v) is 10.9. The number of carbonyl (C=O) groups is 1. The smallest absolute Gasteiger partial charge is 0.254 e. The minimum absolute atomic E-state index is 0.109. The van der Waals surface area contributed by atoms with Gasteiger partial charge in [0, 0.05) is 38.3 Å². The van der Waals surface area contributed by atoms with Crippen molar-refractivity contribution in [1.82, 2.24) is 9.80 Å². The van der Waals surface area contributed by atoms with Crippen LogP contribution in [0, 0.1) is 5.92 Å². The fraction of sp³-hybridized carbons (Fsp3) is 0.696. The van der Waals surface area contributed by atoms with E-state index in [0.717, 1.165) is 13.0 Å². The Kier molecular flexibility index (Phi) is 9.87. The number of β-amino-alcohol motifs (C(OH)–C–C–N with tert-alkyl or cyclic N) is 1. The Bertz CT molecular complexity index is 686. The van der Waals surface area contributed by atoms with Gasteiger partial charge < -0.3 is 29.0 Å². The normalized spacial score (nSPS) is 18.0. The molecule has 2 rings (SSSR count). The fourth-order valence-electron chi connectivity index (χ4n) is 3.80. The number of hydrogen-bond donors (Lipinski definition) is 1. The molecule has 31 heavy (non-hydrogen) atoms. The quantitative estimate of drug-likeness (QED) is 0.568. The molecule has 1 fully saturated rings. The number of hydrogen-bond acceptors (Lipinski definition) is 7. The minimum atomic E-state index is -0.341. The molecular formula is C23H38N2O6. The van der Waals surface area contributed by atoms with E-state index in [0.29, 0.717) is 61.5 Å². The Morgan fingerprint density at radius 3 is 2.39 bits per heavy atom. The second kappa shape index (κ2) is 12.1. The molecule has 1 aromatic carbocycles. The largest absolute Gasteiger partial charge is 0.493 e. The number of methoxy groups -OCH3 is 3. The standard InChI is InChI=1S/C23H38N2O6/c1-7-18(26)13-24-8-9-31-19(14-24)15-25(12-16(2)3)23(27)17-10-20(28-4)22(30-6)21(11-17)29-5/h10-11,16,18-19,26H,7-9,12-15H2,1-6H3/t18-,19+/m1/s1.